The van der Waals surface area contributed by atoms with E-state index >= 15 is 0 Å². The van der Waals surface area contributed by atoms with Crippen LogP contribution >= 0.6 is 11.8 Å². The highest BCUT2D eigenvalue weighted by atomic mass is 32.2. The maximum atomic E-state index is 11.9. The van der Waals surface area contributed by atoms with E-state index in [1.807, 2.05) is 24.0 Å². The summed E-state index contributed by atoms with van der Waals surface area (Å²) < 4.78 is 5.45. The molecule has 1 aliphatic rings. The van der Waals surface area contributed by atoms with Crippen molar-refractivity contribution in [3.8, 4) is 5.75 Å². The van der Waals surface area contributed by atoms with Gasteiger partial charge in [-0.25, -0.2) is 0 Å². The topological polar surface area (TPSA) is 29.5 Å². The first kappa shape index (κ1) is 14.3. The minimum absolute atomic E-state index is 0.176. The van der Waals surface area contributed by atoms with E-state index in [-0.39, 0.29) is 11.3 Å². The Labute approximate surface area is 119 Å². The summed E-state index contributed by atoms with van der Waals surface area (Å²) in [4.78, 5) is 13.9. The number of nitrogens with zero attached hydrogens (tertiary/aromatic N) is 1. The van der Waals surface area contributed by atoms with Crippen molar-refractivity contribution in [1.29, 1.82) is 0 Å². The molecule has 1 fully saturated rings. The van der Waals surface area contributed by atoms with Gasteiger partial charge >= 0.3 is 0 Å². The Morgan fingerprint density at radius 3 is 2.68 bits per heavy atom. The molecule has 0 spiro atoms. The van der Waals surface area contributed by atoms with Gasteiger partial charge in [0, 0.05) is 6.54 Å². The third kappa shape index (κ3) is 3.44. The molecule has 1 heterocycles. The van der Waals surface area contributed by atoms with Gasteiger partial charge in [0.1, 0.15) is 11.1 Å². The van der Waals surface area contributed by atoms with Crippen LogP contribution in [0.4, 0.5) is 0 Å². The fourth-order valence-electron chi connectivity index (χ4n) is 2.20. The molecular weight excluding hydrogens is 258 g/mol. The molecule has 1 atom stereocenters. The number of hydrogen-bond acceptors (Lipinski definition) is 3. The van der Waals surface area contributed by atoms with Crippen LogP contribution in [-0.4, -0.2) is 29.7 Å². The molecule has 0 radical (unpaired) electrons. The van der Waals surface area contributed by atoms with E-state index in [1.54, 1.807) is 11.8 Å². The molecule has 3 nitrogen and oxygen atoms in total. The molecule has 1 unspecified atom stereocenters. The Bertz CT molecular complexity index is 419. The molecule has 1 aromatic rings. The Morgan fingerprint density at radius 1 is 1.32 bits per heavy atom. The monoisotopic (exact) mass is 279 g/mol. The van der Waals surface area contributed by atoms with Crippen LogP contribution < -0.4 is 4.74 Å². The lowest BCUT2D eigenvalue weighted by Crippen LogP contribution is -2.29. The quantitative estimate of drug-likeness (QED) is 0.798. The zero-order valence-electron chi connectivity index (χ0n) is 11.6. The summed E-state index contributed by atoms with van der Waals surface area (Å²) in [5.41, 5.74) is 1.19. The van der Waals surface area contributed by atoms with Gasteiger partial charge in [0.25, 0.3) is 0 Å². The van der Waals surface area contributed by atoms with E-state index in [2.05, 4.69) is 19.1 Å². The zero-order valence-corrected chi connectivity index (χ0v) is 12.4. The number of thioether (sulfide) groups is 1. The predicted molar refractivity (Wildman–Crippen MR) is 79.4 cm³/mol. The molecule has 4 heteroatoms. The number of carbonyl (C=O) groups is 1. The fourth-order valence-corrected chi connectivity index (χ4v) is 3.41. The molecule has 104 valence electrons. The maximum absolute atomic E-state index is 11.9. The molecular formula is C15H21NO2S. The maximum Gasteiger partial charge on any atom is 0.233 e. The predicted octanol–water partition coefficient (Wildman–Crippen LogP) is 3.46. The summed E-state index contributed by atoms with van der Waals surface area (Å²) in [6.07, 6.45) is 2.18. The number of benzene rings is 1. The molecule has 0 bridgehead atoms. The van der Waals surface area contributed by atoms with Crippen molar-refractivity contribution in [2.45, 2.75) is 32.1 Å². The van der Waals surface area contributed by atoms with Gasteiger partial charge in [-0.3, -0.25) is 4.79 Å². The van der Waals surface area contributed by atoms with E-state index in [0.29, 0.717) is 12.4 Å². The second kappa shape index (κ2) is 6.85. The highest BCUT2D eigenvalue weighted by molar-refractivity contribution is 8.00. The summed E-state index contributed by atoms with van der Waals surface area (Å²) in [6.45, 7) is 5.67. The van der Waals surface area contributed by atoms with Crippen LogP contribution in [0.15, 0.2) is 24.3 Å². The van der Waals surface area contributed by atoms with Crippen molar-refractivity contribution in [3.05, 3.63) is 29.8 Å². The highest BCUT2D eigenvalue weighted by Crippen LogP contribution is 2.39. The number of amides is 1. The van der Waals surface area contributed by atoms with Gasteiger partial charge in [0.15, 0.2) is 0 Å². The molecule has 19 heavy (non-hydrogen) atoms. The average molecular weight is 279 g/mol. The van der Waals surface area contributed by atoms with Crippen molar-refractivity contribution in [2.75, 3.05) is 18.9 Å². The SMILES string of the molecule is CCCCN1C(=O)CSC1c1ccc(OCC)cc1. The fraction of sp³-hybridized carbons (Fsp3) is 0.533. The molecule has 0 N–H and O–H groups in total. The minimum Gasteiger partial charge on any atom is -0.494 e. The lowest BCUT2D eigenvalue weighted by Gasteiger charge is -2.24. The first-order chi connectivity index (χ1) is 9.26. The standard InChI is InChI=1S/C15H21NO2S/c1-3-5-10-16-14(17)11-19-15(16)12-6-8-13(9-7-12)18-4-2/h6-9,15H,3-5,10-11H2,1-2H3. The van der Waals surface area contributed by atoms with Crippen LogP contribution in [0, 0.1) is 0 Å². The minimum atomic E-state index is 0.176. The van der Waals surface area contributed by atoms with Gasteiger partial charge in [-0.1, -0.05) is 25.5 Å². The first-order valence-electron chi connectivity index (χ1n) is 6.90. The second-order valence-corrected chi connectivity index (χ2v) is 5.67. The number of carbonyl (C=O) groups excluding carboxylic acids is 1. The molecule has 0 aromatic heterocycles. The largest absolute Gasteiger partial charge is 0.494 e. The van der Waals surface area contributed by atoms with E-state index in [1.165, 1.54) is 5.56 Å². The average Bonchev–Trinajstić information content (AvgIpc) is 2.79. The van der Waals surface area contributed by atoms with E-state index in [4.69, 9.17) is 4.74 Å². The smallest absolute Gasteiger partial charge is 0.233 e. The Morgan fingerprint density at radius 2 is 2.05 bits per heavy atom. The number of unbranched alkanes of at least 4 members (excludes halogenated alkanes) is 1. The molecule has 0 saturated carbocycles. The van der Waals surface area contributed by atoms with Gasteiger partial charge in [-0.2, -0.15) is 0 Å². The van der Waals surface area contributed by atoms with Gasteiger partial charge in [-0.05, 0) is 31.0 Å². The van der Waals surface area contributed by atoms with E-state index in [0.717, 1.165) is 25.1 Å². The number of rotatable bonds is 6. The van der Waals surface area contributed by atoms with Crippen LogP contribution in [0.1, 0.15) is 37.6 Å². The lowest BCUT2D eigenvalue weighted by atomic mass is 10.2. The molecule has 0 aliphatic carbocycles. The van der Waals surface area contributed by atoms with Crippen LogP contribution in [-0.2, 0) is 4.79 Å². The Hall–Kier alpha value is -1.16. The summed E-state index contributed by atoms with van der Waals surface area (Å²) >= 11 is 1.72. The van der Waals surface area contributed by atoms with Crippen molar-refractivity contribution in [3.63, 3.8) is 0 Å². The van der Waals surface area contributed by atoms with Gasteiger partial charge in [-0.15, -0.1) is 11.8 Å². The van der Waals surface area contributed by atoms with Crippen molar-refractivity contribution < 1.29 is 9.53 Å². The van der Waals surface area contributed by atoms with E-state index < -0.39 is 0 Å². The Kier molecular flexibility index (Phi) is 5.14. The molecule has 1 amide bonds. The summed E-state index contributed by atoms with van der Waals surface area (Å²) in [7, 11) is 0. The Balaban J connectivity index is 2.08. The van der Waals surface area contributed by atoms with Crippen LogP contribution in [0.5, 0.6) is 5.75 Å². The van der Waals surface area contributed by atoms with Crippen molar-refractivity contribution in [1.82, 2.24) is 4.90 Å². The van der Waals surface area contributed by atoms with Gasteiger partial charge in [0.2, 0.25) is 5.91 Å². The molecule has 1 saturated heterocycles. The third-order valence-corrected chi connectivity index (χ3v) is 4.45. The third-order valence-electron chi connectivity index (χ3n) is 3.20. The second-order valence-electron chi connectivity index (χ2n) is 4.61. The zero-order chi connectivity index (χ0) is 13.7. The summed E-state index contributed by atoms with van der Waals surface area (Å²) in [5, 5.41) is 0.176. The van der Waals surface area contributed by atoms with Crippen LogP contribution in [0.3, 0.4) is 0 Å². The molecule has 1 aliphatic heterocycles. The van der Waals surface area contributed by atoms with Crippen molar-refractivity contribution in [2.24, 2.45) is 0 Å². The first-order valence-corrected chi connectivity index (χ1v) is 7.95. The van der Waals surface area contributed by atoms with Gasteiger partial charge in [0.05, 0.1) is 12.4 Å². The van der Waals surface area contributed by atoms with Crippen LogP contribution in [0.2, 0.25) is 0 Å². The number of ether oxygens (including phenoxy) is 1. The van der Waals surface area contributed by atoms with Crippen LogP contribution in [0.25, 0.3) is 0 Å². The van der Waals surface area contributed by atoms with E-state index in [9.17, 15) is 4.79 Å². The summed E-state index contributed by atoms with van der Waals surface area (Å²) in [6, 6.07) is 8.11. The highest BCUT2D eigenvalue weighted by Gasteiger charge is 2.31. The summed E-state index contributed by atoms with van der Waals surface area (Å²) in [5.74, 6) is 1.75. The normalized spacial score (nSPS) is 18.9. The number of hydrogen-bond donors (Lipinski definition) is 0. The van der Waals surface area contributed by atoms with Gasteiger partial charge < -0.3 is 9.64 Å². The molecule has 2 rings (SSSR count). The lowest BCUT2D eigenvalue weighted by molar-refractivity contribution is -0.128. The molecule has 1 aromatic carbocycles. The van der Waals surface area contributed by atoms with Crippen molar-refractivity contribution >= 4 is 17.7 Å².